The molecule has 1 saturated heterocycles. The summed E-state index contributed by atoms with van der Waals surface area (Å²) in [5, 5.41) is 3.84. The van der Waals surface area contributed by atoms with Crippen molar-refractivity contribution in [2.75, 3.05) is 25.0 Å². The number of benzene rings is 2. The molecule has 2 aromatic carbocycles. The third-order valence-electron chi connectivity index (χ3n) is 4.93. The van der Waals surface area contributed by atoms with E-state index < -0.39 is 10.0 Å². The molecule has 5 nitrogen and oxygen atoms in total. The van der Waals surface area contributed by atoms with E-state index in [-0.39, 0.29) is 17.2 Å². The molecule has 1 N–H and O–H groups in total. The molecule has 28 heavy (non-hydrogen) atoms. The van der Waals surface area contributed by atoms with Crippen molar-refractivity contribution in [3.63, 3.8) is 0 Å². The van der Waals surface area contributed by atoms with Crippen LogP contribution in [0.5, 0.6) is 0 Å². The summed E-state index contributed by atoms with van der Waals surface area (Å²) in [5.41, 5.74) is 1.13. The first-order valence-electron chi connectivity index (χ1n) is 9.09. The van der Waals surface area contributed by atoms with Gasteiger partial charge in [-0.15, -0.1) is 0 Å². The van der Waals surface area contributed by atoms with Crippen LogP contribution in [0.2, 0.25) is 10.0 Å². The average Bonchev–Trinajstić information content (AvgIpc) is 2.69. The van der Waals surface area contributed by atoms with E-state index in [1.54, 1.807) is 30.3 Å². The van der Waals surface area contributed by atoms with Crippen LogP contribution in [0, 0.1) is 5.92 Å². The lowest BCUT2D eigenvalue weighted by atomic mass is 10.0. The number of piperidine rings is 1. The number of hydrogen-bond acceptors (Lipinski definition) is 4. The standard InChI is InChI=1S/C20H22Cl2N2O3S/c1-14-8-10-24(11-9-14)28(26,27)17-5-2-15(3-6-17)20(25)13-23-16-4-7-18(21)19(22)12-16/h2-7,12,14,23H,8-11,13H2,1H3. The van der Waals surface area contributed by atoms with Crippen molar-refractivity contribution in [1.29, 1.82) is 0 Å². The molecule has 0 aromatic heterocycles. The highest BCUT2D eigenvalue weighted by atomic mass is 35.5. The quantitative estimate of drug-likeness (QED) is 0.660. The third kappa shape index (κ3) is 4.87. The second kappa shape index (κ2) is 8.82. The Hall–Kier alpha value is -1.60. The summed E-state index contributed by atoms with van der Waals surface area (Å²) >= 11 is 11.8. The minimum Gasteiger partial charge on any atom is -0.378 e. The van der Waals surface area contributed by atoms with Crippen LogP contribution in [0.25, 0.3) is 0 Å². The Bertz CT molecular complexity index is 954. The normalized spacial score (nSPS) is 16.1. The van der Waals surface area contributed by atoms with Crippen LogP contribution in [0.1, 0.15) is 30.1 Å². The number of ketones is 1. The molecular weight excluding hydrogens is 419 g/mol. The Kier molecular flexibility index (Phi) is 6.65. The van der Waals surface area contributed by atoms with E-state index >= 15 is 0 Å². The van der Waals surface area contributed by atoms with Gasteiger partial charge in [-0.25, -0.2) is 8.42 Å². The molecule has 0 bridgehead atoms. The maximum Gasteiger partial charge on any atom is 0.243 e. The molecule has 0 amide bonds. The number of rotatable bonds is 6. The van der Waals surface area contributed by atoms with Crippen molar-refractivity contribution in [1.82, 2.24) is 4.31 Å². The van der Waals surface area contributed by atoms with Gasteiger partial charge in [-0.2, -0.15) is 4.31 Å². The summed E-state index contributed by atoms with van der Waals surface area (Å²) in [6.45, 7) is 3.28. The van der Waals surface area contributed by atoms with Gasteiger partial charge in [0.05, 0.1) is 21.5 Å². The first-order valence-corrected chi connectivity index (χ1v) is 11.3. The van der Waals surface area contributed by atoms with E-state index in [0.717, 1.165) is 12.8 Å². The van der Waals surface area contributed by atoms with E-state index in [9.17, 15) is 13.2 Å². The van der Waals surface area contributed by atoms with Crippen molar-refractivity contribution in [3.8, 4) is 0 Å². The van der Waals surface area contributed by atoms with Gasteiger partial charge in [-0.1, -0.05) is 30.1 Å². The van der Waals surface area contributed by atoms with Crippen molar-refractivity contribution in [2.24, 2.45) is 5.92 Å². The molecule has 3 rings (SSSR count). The molecule has 1 heterocycles. The Labute approximate surface area is 175 Å². The Morgan fingerprint density at radius 3 is 2.32 bits per heavy atom. The van der Waals surface area contributed by atoms with E-state index in [4.69, 9.17) is 23.2 Å². The number of anilines is 1. The van der Waals surface area contributed by atoms with Crippen LogP contribution < -0.4 is 5.32 Å². The molecule has 0 spiro atoms. The number of hydrogen-bond donors (Lipinski definition) is 1. The molecule has 8 heteroatoms. The number of sulfonamides is 1. The van der Waals surface area contributed by atoms with E-state index in [2.05, 4.69) is 12.2 Å². The molecule has 1 aliphatic heterocycles. The summed E-state index contributed by atoms with van der Waals surface area (Å²) in [4.78, 5) is 12.6. The van der Waals surface area contributed by atoms with Crippen LogP contribution in [-0.4, -0.2) is 38.1 Å². The largest absolute Gasteiger partial charge is 0.378 e. The Morgan fingerprint density at radius 1 is 1.07 bits per heavy atom. The number of halogens is 2. The van der Waals surface area contributed by atoms with Crippen LogP contribution in [-0.2, 0) is 10.0 Å². The zero-order valence-electron chi connectivity index (χ0n) is 15.5. The molecule has 150 valence electrons. The predicted molar refractivity (Wildman–Crippen MR) is 113 cm³/mol. The topological polar surface area (TPSA) is 66.5 Å². The zero-order chi connectivity index (χ0) is 20.3. The van der Waals surface area contributed by atoms with Crippen molar-refractivity contribution < 1.29 is 13.2 Å². The highest BCUT2D eigenvalue weighted by molar-refractivity contribution is 7.89. The van der Waals surface area contributed by atoms with E-state index in [1.807, 2.05) is 0 Å². The third-order valence-corrected chi connectivity index (χ3v) is 7.58. The van der Waals surface area contributed by atoms with Gasteiger partial charge in [-0.05, 0) is 61.2 Å². The number of nitrogens with zero attached hydrogens (tertiary/aromatic N) is 1. The lowest BCUT2D eigenvalue weighted by Gasteiger charge is -2.29. The smallest absolute Gasteiger partial charge is 0.243 e. The van der Waals surface area contributed by atoms with Gasteiger partial charge >= 0.3 is 0 Å². The predicted octanol–water partition coefficient (Wildman–Crippen LogP) is 4.71. The number of nitrogens with one attached hydrogen (secondary N) is 1. The monoisotopic (exact) mass is 440 g/mol. The minimum atomic E-state index is -3.51. The maximum atomic E-state index is 12.8. The highest BCUT2D eigenvalue weighted by Gasteiger charge is 2.28. The molecule has 0 unspecified atom stereocenters. The lowest BCUT2D eigenvalue weighted by molar-refractivity contribution is 0.101. The average molecular weight is 441 g/mol. The van der Waals surface area contributed by atoms with Crippen molar-refractivity contribution in [2.45, 2.75) is 24.7 Å². The SMILES string of the molecule is CC1CCN(S(=O)(=O)c2ccc(C(=O)CNc3ccc(Cl)c(Cl)c3)cc2)CC1. The van der Waals surface area contributed by atoms with Crippen LogP contribution in [0.15, 0.2) is 47.4 Å². The second-order valence-corrected chi connectivity index (χ2v) is 9.77. The second-order valence-electron chi connectivity index (χ2n) is 7.02. The number of Topliss-reactive ketones (excluding diaryl/α,β-unsaturated/α-hetero) is 1. The van der Waals surface area contributed by atoms with Crippen molar-refractivity contribution >= 4 is 44.7 Å². The zero-order valence-corrected chi connectivity index (χ0v) is 17.8. The first-order chi connectivity index (χ1) is 13.3. The summed E-state index contributed by atoms with van der Waals surface area (Å²) < 4.78 is 27.0. The van der Waals surface area contributed by atoms with Crippen molar-refractivity contribution in [3.05, 3.63) is 58.1 Å². The fraction of sp³-hybridized carbons (Fsp3) is 0.350. The Morgan fingerprint density at radius 2 is 1.71 bits per heavy atom. The van der Waals surface area contributed by atoms with Crippen LogP contribution in [0.4, 0.5) is 5.69 Å². The van der Waals surface area contributed by atoms with E-state index in [1.165, 1.54) is 16.4 Å². The lowest BCUT2D eigenvalue weighted by Crippen LogP contribution is -2.37. The molecule has 1 fully saturated rings. The summed E-state index contributed by atoms with van der Waals surface area (Å²) in [7, 11) is -3.51. The van der Waals surface area contributed by atoms with Gasteiger partial charge in [0.2, 0.25) is 10.0 Å². The van der Waals surface area contributed by atoms with Gasteiger partial charge in [0.1, 0.15) is 0 Å². The van der Waals surface area contributed by atoms with Gasteiger partial charge in [-0.3, -0.25) is 4.79 Å². The van der Waals surface area contributed by atoms with Gasteiger partial charge < -0.3 is 5.32 Å². The van der Waals surface area contributed by atoms with Crippen LogP contribution >= 0.6 is 23.2 Å². The summed E-state index contributed by atoms with van der Waals surface area (Å²) in [6, 6.07) is 11.1. The molecule has 0 atom stereocenters. The molecule has 0 aliphatic carbocycles. The van der Waals surface area contributed by atoms with Gasteiger partial charge in [0.25, 0.3) is 0 Å². The first kappa shape index (κ1) is 21.1. The maximum absolute atomic E-state index is 12.8. The fourth-order valence-electron chi connectivity index (χ4n) is 3.08. The molecule has 1 aliphatic rings. The Balaban J connectivity index is 1.64. The number of carbonyl (C=O) groups is 1. The van der Waals surface area contributed by atoms with E-state index in [0.29, 0.717) is 40.3 Å². The van der Waals surface area contributed by atoms with Crippen LogP contribution in [0.3, 0.4) is 0 Å². The molecule has 0 saturated carbocycles. The fourth-order valence-corrected chi connectivity index (χ4v) is 4.85. The summed E-state index contributed by atoms with van der Waals surface area (Å²) in [6.07, 6.45) is 1.74. The van der Waals surface area contributed by atoms with Gasteiger partial charge in [0, 0.05) is 24.3 Å². The molecule has 0 radical (unpaired) electrons. The minimum absolute atomic E-state index is 0.0636. The highest BCUT2D eigenvalue weighted by Crippen LogP contribution is 2.25. The number of carbonyl (C=O) groups excluding carboxylic acids is 1. The summed E-state index contributed by atoms with van der Waals surface area (Å²) in [5.74, 6) is 0.399. The molecular formula is C20H22Cl2N2O3S. The van der Waals surface area contributed by atoms with Gasteiger partial charge in [0.15, 0.2) is 5.78 Å². The molecule has 2 aromatic rings.